The second-order valence-electron chi connectivity index (χ2n) is 7.93. The number of thiophene rings is 1. The number of esters is 1. The van der Waals surface area contributed by atoms with E-state index in [9.17, 15) is 9.59 Å². The summed E-state index contributed by atoms with van der Waals surface area (Å²) in [5.74, 6) is 0.719. The molecule has 3 aromatic heterocycles. The summed E-state index contributed by atoms with van der Waals surface area (Å²) in [4.78, 5) is 36.3. The molecular formula is C24H23N3O4S. The summed E-state index contributed by atoms with van der Waals surface area (Å²) < 4.78 is 12.6. The number of oxazole rings is 1. The first kappa shape index (κ1) is 20.6. The Kier molecular flexibility index (Phi) is 5.61. The van der Waals surface area contributed by atoms with Gasteiger partial charge in [0.15, 0.2) is 0 Å². The Morgan fingerprint density at radius 1 is 1.22 bits per heavy atom. The average molecular weight is 450 g/mol. The number of ether oxygens (including phenoxy) is 1. The van der Waals surface area contributed by atoms with E-state index in [2.05, 4.69) is 9.97 Å². The quantitative estimate of drug-likeness (QED) is 0.405. The van der Waals surface area contributed by atoms with E-state index < -0.39 is 5.97 Å². The molecule has 0 unspecified atom stereocenters. The number of hydrogen-bond acceptors (Lipinski definition) is 7. The lowest BCUT2D eigenvalue weighted by atomic mass is 9.97. The number of carbonyl (C=O) groups excluding carboxylic acids is 1. The van der Waals surface area contributed by atoms with Gasteiger partial charge in [0.2, 0.25) is 5.89 Å². The van der Waals surface area contributed by atoms with Crippen LogP contribution in [0.4, 0.5) is 0 Å². The minimum atomic E-state index is -0.395. The lowest BCUT2D eigenvalue weighted by molar-refractivity contribution is -0.145. The molecule has 0 atom stereocenters. The summed E-state index contributed by atoms with van der Waals surface area (Å²) in [7, 11) is 0. The van der Waals surface area contributed by atoms with Crippen LogP contribution >= 0.6 is 11.3 Å². The zero-order valence-electron chi connectivity index (χ0n) is 17.8. The second kappa shape index (κ2) is 8.70. The Morgan fingerprint density at radius 3 is 2.88 bits per heavy atom. The fourth-order valence-electron chi connectivity index (χ4n) is 4.04. The first-order valence-corrected chi connectivity index (χ1v) is 11.6. The molecule has 164 valence electrons. The highest BCUT2D eigenvalue weighted by Crippen LogP contribution is 2.33. The lowest BCUT2D eigenvalue weighted by Gasteiger charge is -2.10. The number of benzene rings is 1. The molecule has 3 heterocycles. The maximum atomic E-state index is 13.0. The van der Waals surface area contributed by atoms with Crippen LogP contribution in [0.3, 0.4) is 0 Å². The molecule has 0 bridgehead atoms. The van der Waals surface area contributed by atoms with Crippen molar-refractivity contribution in [2.45, 2.75) is 52.2 Å². The molecule has 0 N–H and O–H groups in total. The molecule has 1 aromatic carbocycles. The van der Waals surface area contributed by atoms with Crippen LogP contribution in [-0.2, 0) is 35.5 Å². The molecular weight excluding hydrogens is 426 g/mol. The number of carbonyl (C=O) groups is 1. The number of rotatable bonds is 6. The van der Waals surface area contributed by atoms with Crippen molar-refractivity contribution in [1.29, 1.82) is 0 Å². The summed E-state index contributed by atoms with van der Waals surface area (Å²) in [6.45, 7) is 2.06. The molecule has 0 spiro atoms. The summed E-state index contributed by atoms with van der Waals surface area (Å²) >= 11 is 1.62. The van der Waals surface area contributed by atoms with Crippen LogP contribution < -0.4 is 5.56 Å². The SMILES string of the molecule is Cc1oc(-c2ccccc2)nc1COC(=O)CCn1cnc2sc3c(c2c1=O)CCCC3. The van der Waals surface area contributed by atoms with Crippen molar-refractivity contribution in [2.75, 3.05) is 0 Å². The van der Waals surface area contributed by atoms with Crippen molar-refractivity contribution in [2.24, 2.45) is 0 Å². The fourth-order valence-corrected chi connectivity index (χ4v) is 5.26. The molecule has 8 heteroatoms. The Bertz CT molecular complexity index is 1340. The molecule has 5 rings (SSSR count). The predicted octanol–water partition coefficient (Wildman–Crippen LogP) is 4.43. The summed E-state index contributed by atoms with van der Waals surface area (Å²) in [5, 5.41) is 0.729. The topological polar surface area (TPSA) is 87.2 Å². The molecule has 0 fully saturated rings. The highest BCUT2D eigenvalue weighted by molar-refractivity contribution is 7.18. The third-order valence-electron chi connectivity index (χ3n) is 5.78. The fraction of sp³-hybridized carbons (Fsp3) is 0.333. The molecule has 0 aliphatic heterocycles. The van der Waals surface area contributed by atoms with E-state index in [0.717, 1.165) is 47.0 Å². The Hall–Kier alpha value is -3.26. The number of fused-ring (bicyclic) bond motifs is 3. The van der Waals surface area contributed by atoms with E-state index in [1.165, 1.54) is 15.8 Å². The highest BCUT2D eigenvalue weighted by atomic mass is 32.1. The Balaban J connectivity index is 1.23. The van der Waals surface area contributed by atoms with Crippen molar-refractivity contribution in [3.05, 3.63) is 68.9 Å². The van der Waals surface area contributed by atoms with Gasteiger partial charge in [-0.05, 0) is 50.3 Å². The molecule has 1 aliphatic rings. The van der Waals surface area contributed by atoms with Gasteiger partial charge in [-0.1, -0.05) is 18.2 Å². The van der Waals surface area contributed by atoms with Gasteiger partial charge in [0, 0.05) is 17.0 Å². The van der Waals surface area contributed by atoms with Gasteiger partial charge in [-0.3, -0.25) is 14.2 Å². The number of aromatic nitrogens is 3. The van der Waals surface area contributed by atoms with Gasteiger partial charge >= 0.3 is 5.97 Å². The van der Waals surface area contributed by atoms with Crippen LogP contribution in [0.25, 0.3) is 21.7 Å². The van der Waals surface area contributed by atoms with Crippen molar-refractivity contribution in [1.82, 2.24) is 14.5 Å². The molecule has 0 saturated carbocycles. The molecule has 0 amide bonds. The van der Waals surface area contributed by atoms with Crippen LogP contribution in [0.2, 0.25) is 0 Å². The zero-order valence-corrected chi connectivity index (χ0v) is 18.6. The van der Waals surface area contributed by atoms with Gasteiger partial charge in [0.05, 0.1) is 18.1 Å². The van der Waals surface area contributed by atoms with Gasteiger partial charge in [0.1, 0.15) is 22.9 Å². The third-order valence-corrected chi connectivity index (χ3v) is 6.98. The van der Waals surface area contributed by atoms with Crippen molar-refractivity contribution >= 4 is 27.5 Å². The summed E-state index contributed by atoms with van der Waals surface area (Å²) in [6, 6.07) is 9.57. The molecule has 32 heavy (non-hydrogen) atoms. The van der Waals surface area contributed by atoms with Crippen LogP contribution in [0, 0.1) is 6.92 Å². The van der Waals surface area contributed by atoms with Crippen LogP contribution in [0.15, 0.2) is 45.9 Å². The van der Waals surface area contributed by atoms with E-state index in [4.69, 9.17) is 9.15 Å². The minimum Gasteiger partial charge on any atom is -0.459 e. The molecule has 1 aliphatic carbocycles. The maximum absolute atomic E-state index is 13.0. The van der Waals surface area contributed by atoms with Gasteiger partial charge in [-0.15, -0.1) is 11.3 Å². The van der Waals surface area contributed by atoms with E-state index in [1.807, 2.05) is 30.3 Å². The maximum Gasteiger partial charge on any atom is 0.307 e. The van der Waals surface area contributed by atoms with Crippen LogP contribution in [-0.4, -0.2) is 20.5 Å². The van der Waals surface area contributed by atoms with E-state index in [1.54, 1.807) is 18.3 Å². The average Bonchev–Trinajstić information content (AvgIpc) is 3.38. The van der Waals surface area contributed by atoms with Crippen molar-refractivity contribution < 1.29 is 13.9 Å². The number of nitrogens with zero attached hydrogens (tertiary/aromatic N) is 3. The second-order valence-corrected chi connectivity index (χ2v) is 9.02. The molecule has 7 nitrogen and oxygen atoms in total. The smallest absolute Gasteiger partial charge is 0.307 e. The van der Waals surface area contributed by atoms with Crippen LogP contribution in [0.5, 0.6) is 0 Å². The van der Waals surface area contributed by atoms with E-state index >= 15 is 0 Å². The van der Waals surface area contributed by atoms with E-state index in [0.29, 0.717) is 17.3 Å². The molecule has 0 radical (unpaired) electrons. The standard InChI is InChI=1S/C24H23N3O4S/c1-15-18(26-22(31-15)16-7-3-2-4-8-16)13-30-20(28)11-12-27-14-25-23-21(24(27)29)17-9-5-6-10-19(17)32-23/h2-4,7-8,14H,5-6,9-13H2,1H3. The first-order chi connectivity index (χ1) is 15.6. The predicted molar refractivity (Wildman–Crippen MR) is 122 cm³/mol. The third kappa shape index (κ3) is 3.98. The minimum absolute atomic E-state index is 0.0330. The monoisotopic (exact) mass is 449 g/mol. The first-order valence-electron chi connectivity index (χ1n) is 10.8. The summed E-state index contributed by atoms with van der Waals surface area (Å²) in [6.07, 6.45) is 5.84. The molecule has 0 saturated heterocycles. The van der Waals surface area contributed by atoms with Crippen molar-refractivity contribution in [3.63, 3.8) is 0 Å². The Morgan fingerprint density at radius 2 is 2.03 bits per heavy atom. The lowest BCUT2D eigenvalue weighted by Crippen LogP contribution is -2.23. The number of hydrogen-bond donors (Lipinski definition) is 0. The van der Waals surface area contributed by atoms with Crippen LogP contribution in [0.1, 0.15) is 41.2 Å². The van der Waals surface area contributed by atoms with Gasteiger partial charge in [-0.2, -0.15) is 0 Å². The zero-order chi connectivity index (χ0) is 22.1. The van der Waals surface area contributed by atoms with Gasteiger partial charge < -0.3 is 9.15 Å². The normalized spacial score (nSPS) is 13.3. The van der Waals surface area contributed by atoms with Gasteiger partial charge in [0.25, 0.3) is 5.56 Å². The summed E-state index contributed by atoms with van der Waals surface area (Å²) in [5.41, 5.74) is 2.54. The highest BCUT2D eigenvalue weighted by Gasteiger charge is 2.20. The van der Waals surface area contributed by atoms with E-state index in [-0.39, 0.29) is 25.1 Å². The van der Waals surface area contributed by atoms with Crippen molar-refractivity contribution in [3.8, 4) is 11.5 Å². The number of aryl methyl sites for hydroxylation is 4. The molecule has 4 aromatic rings. The van der Waals surface area contributed by atoms with Gasteiger partial charge in [-0.25, -0.2) is 9.97 Å². The largest absolute Gasteiger partial charge is 0.459 e. The Labute approximate surface area is 188 Å².